The van der Waals surface area contributed by atoms with Crippen LogP contribution < -0.4 is 23.5 Å². The van der Waals surface area contributed by atoms with Crippen molar-refractivity contribution in [3.63, 3.8) is 0 Å². The highest BCUT2D eigenvalue weighted by Crippen LogP contribution is 2.43. The van der Waals surface area contributed by atoms with Crippen molar-refractivity contribution in [2.45, 2.75) is 33.2 Å². The fourth-order valence-electron chi connectivity index (χ4n) is 5.36. The third-order valence-electron chi connectivity index (χ3n) is 7.12. The molecule has 5 rings (SSSR count). The number of ether oxygens (including phenoxy) is 4. The average molecular weight is 471 g/mol. The first-order valence-corrected chi connectivity index (χ1v) is 11.9. The first kappa shape index (κ1) is 23.0. The standard InChI is InChI=1S/C30H32NO4/c1-18-7-8-20(19(2)13-18)14-24-22-9-10-26(32-3)30(35-6)25(22)17-31-12-11-21-15-27(33-4)28(34-5)16-23(21)29(24)31/h7-10,13,15-17H,11-12,14H2,1-6H3/q+1. The molecule has 0 amide bonds. The molecule has 180 valence electrons. The highest BCUT2D eigenvalue weighted by atomic mass is 16.5. The molecule has 0 unspecified atom stereocenters. The van der Waals surface area contributed by atoms with Crippen LogP contribution in [0.4, 0.5) is 0 Å². The van der Waals surface area contributed by atoms with Crippen LogP contribution >= 0.6 is 0 Å². The largest absolute Gasteiger partial charge is 0.493 e. The summed E-state index contributed by atoms with van der Waals surface area (Å²) >= 11 is 0. The van der Waals surface area contributed by atoms with Crippen molar-refractivity contribution in [3.8, 4) is 34.3 Å². The lowest BCUT2D eigenvalue weighted by molar-refractivity contribution is -0.686. The van der Waals surface area contributed by atoms with Crippen LogP contribution in [0.15, 0.2) is 48.7 Å². The predicted molar refractivity (Wildman–Crippen MR) is 138 cm³/mol. The summed E-state index contributed by atoms with van der Waals surface area (Å²) in [5, 5.41) is 2.22. The first-order valence-electron chi connectivity index (χ1n) is 11.9. The van der Waals surface area contributed by atoms with Crippen LogP contribution in [0.1, 0.15) is 27.8 Å². The van der Waals surface area contributed by atoms with Gasteiger partial charge < -0.3 is 18.9 Å². The quantitative estimate of drug-likeness (QED) is 0.344. The summed E-state index contributed by atoms with van der Waals surface area (Å²) < 4.78 is 25.1. The SMILES string of the molecule is COc1cc2c(cc1OC)-c1c(Cc3ccc(C)cc3C)c3ccc(OC)c(OC)c3c[n+]1CC2. The van der Waals surface area contributed by atoms with E-state index in [0.29, 0.717) is 0 Å². The maximum absolute atomic E-state index is 5.85. The third-order valence-corrected chi connectivity index (χ3v) is 7.12. The number of aromatic nitrogens is 1. The van der Waals surface area contributed by atoms with Crippen LogP contribution in [0.2, 0.25) is 0 Å². The van der Waals surface area contributed by atoms with Gasteiger partial charge in [0.05, 0.1) is 39.4 Å². The van der Waals surface area contributed by atoms with E-state index in [1.165, 1.54) is 39.1 Å². The molecule has 0 bridgehead atoms. The Labute approximate surface area is 206 Å². The van der Waals surface area contributed by atoms with E-state index >= 15 is 0 Å². The Morgan fingerprint density at radius 3 is 2.20 bits per heavy atom. The fraction of sp³-hybridized carbons (Fsp3) is 0.300. The minimum absolute atomic E-state index is 0.737. The Morgan fingerprint density at radius 1 is 0.771 bits per heavy atom. The van der Waals surface area contributed by atoms with Gasteiger partial charge in [0.25, 0.3) is 0 Å². The van der Waals surface area contributed by atoms with E-state index in [4.69, 9.17) is 18.9 Å². The van der Waals surface area contributed by atoms with Crippen molar-refractivity contribution in [2.75, 3.05) is 28.4 Å². The average Bonchev–Trinajstić information content (AvgIpc) is 2.87. The van der Waals surface area contributed by atoms with E-state index in [-0.39, 0.29) is 0 Å². The van der Waals surface area contributed by atoms with E-state index in [2.05, 4.69) is 61.0 Å². The maximum atomic E-state index is 5.85. The molecule has 0 spiro atoms. The van der Waals surface area contributed by atoms with E-state index in [1.54, 1.807) is 28.4 Å². The lowest BCUT2D eigenvalue weighted by atomic mass is 9.87. The van der Waals surface area contributed by atoms with Crippen molar-refractivity contribution < 1.29 is 23.5 Å². The van der Waals surface area contributed by atoms with E-state index in [9.17, 15) is 0 Å². The predicted octanol–water partition coefficient (Wildman–Crippen LogP) is 5.59. The number of fused-ring (bicyclic) bond motifs is 4. The van der Waals surface area contributed by atoms with Gasteiger partial charge in [-0.15, -0.1) is 0 Å². The Kier molecular flexibility index (Phi) is 6.01. The molecule has 0 atom stereocenters. The summed E-state index contributed by atoms with van der Waals surface area (Å²) in [5.74, 6) is 3.01. The van der Waals surface area contributed by atoms with Crippen LogP contribution in [-0.4, -0.2) is 28.4 Å². The molecular weight excluding hydrogens is 438 g/mol. The maximum Gasteiger partial charge on any atom is 0.217 e. The molecule has 0 saturated heterocycles. The van der Waals surface area contributed by atoms with Gasteiger partial charge >= 0.3 is 0 Å². The fourth-order valence-corrected chi connectivity index (χ4v) is 5.36. The van der Waals surface area contributed by atoms with Gasteiger partial charge in [-0.2, -0.15) is 4.57 Å². The molecular formula is C30H32NO4+. The summed E-state index contributed by atoms with van der Waals surface area (Å²) in [6.07, 6.45) is 3.92. The molecule has 2 heterocycles. The number of rotatable bonds is 6. The molecule has 0 radical (unpaired) electrons. The zero-order valence-corrected chi connectivity index (χ0v) is 21.3. The Morgan fingerprint density at radius 2 is 1.51 bits per heavy atom. The molecule has 0 saturated carbocycles. The van der Waals surface area contributed by atoms with Crippen LogP contribution in [-0.2, 0) is 19.4 Å². The monoisotopic (exact) mass is 470 g/mol. The molecule has 35 heavy (non-hydrogen) atoms. The molecule has 5 heteroatoms. The lowest BCUT2D eigenvalue weighted by Gasteiger charge is -2.22. The van der Waals surface area contributed by atoms with Crippen molar-refractivity contribution in [2.24, 2.45) is 0 Å². The highest BCUT2D eigenvalue weighted by molar-refractivity contribution is 5.95. The van der Waals surface area contributed by atoms with Gasteiger partial charge in [0.15, 0.2) is 35.7 Å². The van der Waals surface area contributed by atoms with Gasteiger partial charge in [0.2, 0.25) is 5.69 Å². The number of aryl methyl sites for hydroxylation is 4. The number of methoxy groups -OCH3 is 4. The second-order valence-electron chi connectivity index (χ2n) is 9.13. The highest BCUT2D eigenvalue weighted by Gasteiger charge is 2.31. The van der Waals surface area contributed by atoms with Crippen molar-refractivity contribution >= 4 is 10.8 Å². The van der Waals surface area contributed by atoms with Crippen LogP contribution in [0.25, 0.3) is 22.0 Å². The molecule has 4 aromatic rings. The topological polar surface area (TPSA) is 40.8 Å². The number of nitrogens with zero attached hydrogens (tertiary/aromatic N) is 1. The minimum atomic E-state index is 0.737. The zero-order chi connectivity index (χ0) is 24.7. The Hall–Kier alpha value is -3.73. The van der Waals surface area contributed by atoms with Gasteiger partial charge in [-0.3, -0.25) is 0 Å². The van der Waals surface area contributed by atoms with Crippen LogP contribution in [0, 0.1) is 13.8 Å². The lowest BCUT2D eigenvalue weighted by Crippen LogP contribution is -2.41. The molecule has 1 aliphatic rings. The summed E-state index contributed by atoms with van der Waals surface area (Å²) in [4.78, 5) is 0. The number of hydrogen-bond donors (Lipinski definition) is 0. The van der Waals surface area contributed by atoms with Crippen molar-refractivity contribution in [1.29, 1.82) is 0 Å². The molecule has 0 fully saturated rings. The van der Waals surface area contributed by atoms with E-state index in [0.717, 1.165) is 53.2 Å². The number of benzene rings is 3. The second kappa shape index (κ2) is 9.14. The molecule has 5 nitrogen and oxygen atoms in total. The van der Waals surface area contributed by atoms with Gasteiger partial charge in [-0.25, -0.2) is 0 Å². The summed E-state index contributed by atoms with van der Waals surface area (Å²) in [5.41, 5.74) is 8.82. The first-order chi connectivity index (χ1) is 17.0. The van der Waals surface area contributed by atoms with Crippen molar-refractivity contribution in [1.82, 2.24) is 0 Å². The minimum Gasteiger partial charge on any atom is -0.493 e. The normalized spacial score (nSPS) is 12.2. The third kappa shape index (κ3) is 3.85. The summed E-state index contributed by atoms with van der Waals surface area (Å²) in [6, 6.07) is 15.1. The summed E-state index contributed by atoms with van der Waals surface area (Å²) in [7, 11) is 6.77. The van der Waals surface area contributed by atoms with Crippen molar-refractivity contribution in [3.05, 3.63) is 76.5 Å². The van der Waals surface area contributed by atoms with Gasteiger partial charge in [-0.05, 0) is 54.8 Å². The molecule has 0 N–H and O–H groups in total. The van der Waals surface area contributed by atoms with E-state index < -0.39 is 0 Å². The van der Waals surface area contributed by atoms with E-state index in [1.807, 2.05) is 6.07 Å². The molecule has 3 aromatic carbocycles. The smallest absolute Gasteiger partial charge is 0.217 e. The number of hydrogen-bond acceptors (Lipinski definition) is 4. The second-order valence-corrected chi connectivity index (χ2v) is 9.13. The molecule has 1 aromatic heterocycles. The molecule has 0 aliphatic carbocycles. The van der Waals surface area contributed by atoms with Gasteiger partial charge in [0, 0.05) is 23.8 Å². The van der Waals surface area contributed by atoms with Gasteiger partial charge in [0.1, 0.15) is 0 Å². The molecule has 1 aliphatic heterocycles. The van der Waals surface area contributed by atoms with Gasteiger partial charge in [-0.1, -0.05) is 23.8 Å². The van der Waals surface area contributed by atoms with Crippen LogP contribution in [0.5, 0.6) is 23.0 Å². The van der Waals surface area contributed by atoms with Crippen LogP contribution in [0.3, 0.4) is 0 Å². The zero-order valence-electron chi connectivity index (χ0n) is 21.3. The Bertz CT molecular complexity index is 1440. The number of pyridine rings is 1. The summed E-state index contributed by atoms with van der Waals surface area (Å²) in [6.45, 7) is 5.20. The Balaban J connectivity index is 1.84.